The molecule has 0 saturated carbocycles. The van der Waals surface area contributed by atoms with Crippen LogP contribution in [0.15, 0.2) is 0 Å². The molecule has 0 aliphatic carbocycles. The maximum absolute atomic E-state index is 12.4. The van der Waals surface area contributed by atoms with Gasteiger partial charge in [0.25, 0.3) is 6.03 Å². The highest BCUT2D eigenvalue weighted by Gasteiger charge is 2.39. The second-order valence-electron chi connectivity index (χ2n) is 7.36. The first-order chi connectivity index (χ1) is 6.75. The van der Waals surface area contributed by atoms with Crippen LogP contribution in [0.1, 0.15) is 0 Å². The van der Waals surface area contributed by atoms with Gasteiger partial charge in [-0.2, -0.15) is 0 Å². The zero-order chi connectivity index (χ0) is 13.4. The highest BCUT2D eigenvalue weighted by molar-refractivity contribution is 6.93. The van der Waals surface area contributed by atoms with Gasteiger partial charge >= 0.3 is 0 Å². The van der Waals surface area contributed by atoms with Crippen LogP contribution in [0, 0.1) is 0 Å². The molecule has 0 unspecified atom stereocenters. The SMILES string of the molecule is C[Si](C)(C)NC(=O)N([Si](C)(C)C)[Si](C)(C)C. The molecule has 0 bridgehead atoms. The topological polar surface area (TPSA) is 32.3 Å². The van der Waals surface area contributed by atoms with E-state index < -0.39 is 24.7 Å². The van der Waals surface area contributed by atoms with Crippen LogP contribution in [0.5, 0.6) is 0 Å². The minimum Gasteiger partial charge on any atom is -0.379 e. The lowest BCUT2D eigenvalue weighted by atomic mass is 11.2. The molecule has 6 heteroatoms. The Morgan fingerprint density at radius 2 is 1.12 bits per heavy atom. The Hall–Kier alpha value is -0.0794. The number of carbonyl (C=O) groups is 1. The van der Waals surface area contributed by atoms with Crippen LogP contribution >= 0.6 is 0 Å². The third-order valence-corrected chi connectivity index (χ3v) is 10.1. The summed E-state index contributed by atoms with van der Waals surface area (Å²) in [5.74, 6) is 0. The third-order valence-electron chi connectivity index (χ3n) is 2.03. The molecule has 0 spiro atoms. The summed E-state index contributed by atoms with van der Waals surface area (Å²) in [6, 6.07) is 0.178. The predicted molar refractivity (Wildman–Crippen MR) is 80.4 cm³/mol. The molecule has 0 rings (SSSR count). The largest absolute Gasteiger partial charge is 0.379 e. The van der Waals surface area contributed by atoms with Crippen LogP contribution in [0.2, 0.25) is 58.9 Å². The Kier molecular flexibility index (Phi) is 4.63. The standard InChI is InChI=1S/C10H28N2OSi3/c1-14(2,3)11-10(13)12(15(4,5)6)16(7,8)9/h1-9H3,(H,11,13). The summed E-state index contributed by atoms with van der Waals surface area (Å²) >= 11 is 0. The second-order valence-corrected chi connectivity index (χ2v) is 22.1. The first-order valence-corrected chi connectivity index (χ1v) is 16.3. The van der Waals surface area contributed by atoms with Crippen LogP contribution in [-0.2, 0) is 0 Å². The van der Waals surface area contributed by atoms with E-state index in [1.165, 1.54) is 0 Å². The Bertz CT molecular complexity index is 247. The summed E-state index contributed by atoms with van der Waals surface area (Å²) in [4.78, 5) is 15.6. The van der Waals surface area contributed by atoms with E-state index in [4.69, 9.17) is 0 Å². The number of amides is 2. The molecule has 0 atom stereocenters. The van der Waals surface area contributed by atoms with E-state index in [1.54, 1.807) is 0 Å². The monoisotopic (exact) mass is 276 g/mol. The lowest BCUT2D eigenvalue weighted by molar-refractivity contribution is 0.238. The zero-order valence-electron chi connectivity index (χ0n) is 12.4. The molecule has 0 aromatic rings. The summed E-state index contributed by atoms with van der Waals surface area (Å²) in [5, 5.41) is 0. The lowest BCUT2D eigenvalue weighted by Gasteiger charge is -2.44. The lowest BCUT2D eigenvalue weighted by Crippen LogP contribution is -2.66. The molecule has 0 aliphatic heterocycles. The van der Waals surface area contributed by atoms with Crippen molar-refractivity contribution in [1.29, 1.82) is 0 Å². The van der Waals surface area contributed by atoms with Gasteiger partial charge in [-0.05, 0) is 0 Å². The highest BCUT2D eigenvalue weighted by Crippen LogP contribution is 2.20. The molecule has 2 amide bonds. The van der Waals surface area contributed by atoms with Crippen LogP contribution in [0.4, 0.5) is 4.79 Å². The smallest absolute Gasteiger partial charge is 0.293 e. The number of hydrogen-bond acceptors (Lipinski definition) is 1. The van der Waals surface area contributed by atoms with Gasteiger partial charge in [-0.15, -0.1) is 0 Å². The van der Waals surface area contributed by atoms with Gasteiger partial charge in [0, 0.05) is 0 Å². The highest BCUT2D eigenvalue weighted by atomic mass is 28.4. The van der Waals surface area contributed by atoms with E-state index in [1.807, 2.05) is 0 Å². The Morgan fingerprint density at radius 1 is 0.812 bits per heavy atom. The summed E-state index contributed by atoms with van der Waals surface area (Å²) in [5.41, 5.74) is 0. The van der Waals surface area contributed by atoms with Crippen molar-refractivity contribution >= 4 is 30.7 Å². The Morgan fingerprint density at radius 3 is 1.31 bits per heavy atom. The van der Waals surface area contributed by atoms with Crippen molar-refractivity contribution in [2.24, 2.45) is 0 Å². The number of nitrogens with zero attached hydrogens (tertiary/aromatic N) is 1. The number of nitrogens with one attached hydrogen (secondary N) is 1. The van der Waals surface area contributed by atoms with Crippen molar-refractivity contribution in [2.75, 3.05) is 0 Å². The molecule has 0 radical (unpaired) electrons. The van der Waals surface area contributed by atoms with Gasteiger partial charge in [-0.3, -0.25) is 4.79 Å². The third kappa shape index (κ3) is 5.31. The molecule has 0 aromatic carbocycles. The minimum absolute atomic E-state index is 0.178. The van der Waals surface area contributed by atoms with Gasteiger partial charge in [0.05, 0.1) is 0 Å². The van der Waals surface area contributed by atoms with E-state index >= 15 is 0 Å². The van der Waals surface area contributed by atoms with Crippen molar-refractivity contribution in [3.8, 4) is 0 Å². The number of hydrogen-bond donors (Lipinski definition) is 1. The molecular weight excluding hydrogens is 248 g/mol. The first-order valence-electron chi connectivity index (χ1n) is 5.87. The van der Waals surface area contributed by atoms with Gasteiger partial charge < -0.3 is 9.21 Å². The molecular formula is C10H28N2OSi3. The van der Waals surface area contributed by atoms with E-state index in [-0.39, 0.29) is 6.03 Å². The van der Waals surface area contributed by atoms with Crippen LogP contribution in [0.25, 0.3) is 0 Å². The average molecular weight is 277 g/mol. The maximum Gasteiger partial charge on any atom is 0.293 e. The van der Waals surface area contributed by atoms with E-state index in [0.29, 0.717) is 0 Å². The predicted octanol–water partition coefficient (Wildman–Crippen LogP) is 3.50. The van der Waals surface area contributed by atoms with E-state index in [0.717, 1.165) is 0 Å². The van der Waals surface area contributed by atoms with Crippen molar-refractivity contribution < 1.29 is 4.79 Å². The zero-order valence-corrected chi connectivity index (χ0v) is 15.4. The van der Waals surface area contributed by atoms with Gasteiger partial charge in [0.2, 0.25) is 0 Å². The summed E-state index contributed by atoms with van der Waals surface area (Å²) in [6.45, 7) is 20.0. The molecule has 1 N–H and O–H groups in total. The second kappa shape index (κ2) is 4.66. The van der Waals surface area contributed by atoms with Gasteiger partial charge in [0.15, 0.2) is 0 Å². The molecule has 16 heavy (non-hydrogen) atoms. The maximum atomic E-state index is 12.4. The number of rotatable bonds is 3. The number of urea groups is 1. The Labute approximate surface area is 104 Å². The van der Waals surface area contributed by atoms with Crippen molar-refractivity contribution in [3.63, 3.8) is 0 Å². The van der Waals surface area contributed by atoms with Gasteiger partial charge in [-0.25, -0.2) is 0 Å². The fraction of sp³-hybridized carbons (Fsp3) is 0.900. The molecule has 0 fully saturated rings. The van der Waals surface area contributed by atoms with E-state index in [9.17, 15) is 4.79 Å². The first kappa shape index (κ1) is 15.9. The summed E-state index contributed by atoms with van der Waals surface area (Å²) in [6.07, 6.45) is 0. The molecule has 96 valence electrons. The Balaban J connectivity index is 5.03. The van der Waals surface area contributed by atoms with Crippen LogP contribution < -0.4 is 4.98 Å². The molecule has 0 aliphatic rings. The normalized spacial score (nSPS) is 13.6. The molecule has 3 nitrogen and oxygen atoms in total. The van der Waals surface area contributed by atoms with E-state index in [2.05, 4.69) is 68.1 Å². The fourth-order valence-corrected chi connectivity index (χ4v) is 12.3. The van der Waals surface area contributed by atoms with Crippen LogP contribution in [-0.4, -0.2) is 35.0 Å². The van der Waals surface area contributed by atoms with Gasteiger partial charge in [-0.1, -0.05) is 58.9 Å². The quantitative estimate of drug-likeness (QED) is 0.786. The average Bonchev–Trinajstić information content (AvgIpc) is 1.70. The van der Waals surface area contributed by atoms with Crippen molar-refractivity contribution in [2.45, 2.75) is 58.9 Å². The van der Waals surface area contributed by atoms with Gasteiger partial charge in [0.1, 0.15) is 24.7 Å². The van der Waals surface area contributed by atoms with Crippen LogP contribution in [0.3, 0.4) is 0 Å². The minimum atomic E-state index is -1.58. The van der Waals surface area contributed by atoms with Crippen molar-refractivity contribution in [1.82, 2.24) is 9.21 Å². The molecule has 0 heterocycles. The van der Waals surface area contributed by atoms with Crippen molar-refractivity contribution in [3.05, 3.63) is 0 Å². The summed E-state index contributed by atoms with van der Waals surface area (Å²) in [7, 11) is -4.70. The number of carbonyl (C=O) groups excluding carboxylic acids is 1. The summed E-state index contributed by atoms with van der Waals surface area (Å²) < 4.78 is 2.21. The molecule has 0 aromatic heterocycles. The fourth-order valence-electron chi connectivity index (χ4n) is 1.99. The molecule has 0 saturated heterocycles.